The van der Waals surface area contributed by atoms with Crippen LogP contribution < -0.4 is 5.32 Å². The number of amides is 2. The summed E-state index contributed by atoms with van der Waals surface area (Å²) in [4.78, 5) is 24.7. The molecule has 1 aromatic carbocycles. The van der Waals surface area contributed by atoms with Gasteiger partial charge in [0.1, 0.15) is 11.6 Å². The zero-order chi connectivity index (χ0) is 14.9. The SMILES string of the molecule is CCC1NCC(=O)N(Cc2c(F)ccc(Br)c2F)C1=O. The number of rotatable bonds is 3. The van der Waals surface area contributed by atoms with Crippen molar-refractivity contribution < 1.29 is 18.4 Å². The van der Waals surface area contributed by atoms with Crippen molar-refractivity contribution in [1.82, 2.24) is 10.2 Å². The van der Waals surface area contributed by atoms with Crippen molar-refractivity contribution in [2.75, 3.05) is 6.54 Å². The van der Waals surface area contributed by atoms with Gasteiger partial charge in [-0.1, -0.05) is 6.92 Å². The van der Waals surface area contributed by atoms with Gasteiger partial charge in [0.2, 0.25) is 11.8 Å². The summed E-state index contributed by atoms with van der Waals surface area (Å²) in [7, 11) is 0. The second-order valence-corrected chi connectivity index (χ2v) is 5.34. The molecule has 7 heteroatoms. The highest BCUT2D eigenvalue weighted by molar-refractivity contribution is 9.10. The predicted molar refractivity (Wildman–Crippen MR) is 71.7 cm³/mol. The molecule has 108 valence electrons. The molecule has 4 nitrogen and oxygen atoms in total. The molecule has 0 spiro atoms. The number of nitrogens with zero attached hydrogens (tertiary/aromatic N) is 1. The normalized spacial score (nSPS) is 19.6. The van der Waals surface area contributed by atoms with Crippen LogP contribution in [0.15, 0.2) is 16.6 Å². The molecule has 1 saturated heterocycles. The van der Waals surface area contributed by atoms with Gasteiger partial charge in [-0.15, -0.1) is 0 Å². The molecule has 0 aliphatic carbocycles. The molecular formula is C13H13BrF2N2O2. The van der Waals surface area contributed by atoms with Gasteiger partial charge in [0.25, 0.3) is 0 Å². The first-order valence-corrected chi connectivity index (χ1v) is 6.95. The van der Waals surface area contributed by atoms with E-state index in [0.29, 0.717) is 6.42 Å². The molecule has 2 rings (SSSR count). The van der Waals surface area contributed by atoms with E-state index in [4.69, 9.17) is 0 Å². The van der Waals surface area contributed by atoms with Gasteiger partial charge in [0.05, 0.1) is 23.6 Å². The number of hydrogen-bond donors (Lipinski definition) is 1. The summed E-state index contributed by atoms with van der Waals surface area (Å²) in [6.45, 7) is 1.39. The van der Waals surface area contributed by atoms with E-state index in [1.807, 2.05) is 0 Å². The highest BCUT2D eigenvalue weighted by Crippen LogP contribution is 2.23. The molecule has 1 heterocycles. The van der Waals surface area contributed by atoms with Crippen LogP contribution in [0.3, 0.4) is 0 Å². The highest BCUT2D eigenvalue weighted by atomic mass is 79.9. The second-order valence-electron chi connectivity index (χ2n) is 4.48. The lowest BCUT2D eigenvalue weighted by Crippen LogP contribution is -2.57. The smallest absolute Gasteiger partial charge is 0.246 e. The largest absolute Gasteiger partial charge is 0.297 e. The average Bonchev–Trinajstić information content (AvgIpc) is 2.42. The molecule has 0 radical (unpaired) electrons. The molecule has 1 fully saturated rings. The fourth-order valence-electron chi connectivity index (χ4n) is 2.06. The standard InChI is InChI=1S/C13H13BrF2N2O2/c1-2-10-13(20)18(11(19)5-17-10)6-7-9(15)4-3-8(14)12(7)16/h3-4,10,17H,2,5-6H2,1H3. The maximum atomic E-state index is 13.9. The third kappa shape index (κ3) is 2.73. The molecule has 1 atom stereocenters. The van der Waals surface area contributed by atoms with E-state index in [1.54, 1.807) is 6.92 Å². The summed E-state index contributed by atoms with van der Waals surface area (Å²) in [5, 5.41) is 2.79. The van der Waals surface area contributed by atoms with E-state index in [1.165, 1.54) is 6.07 Å². The van der Waals surface area contributed by atoms with Crippen molar-refractivity contribution in [3.05, 3.63) is 33.8 Å². The van der Waals surface area contributed by atoms with Crippen LogP contribution in [0.4, 0.5) is 8.78 Å². The molecular weight excluding hydrogens is 334 g/mol. The molecule has 1 N–H and O–H groups in total. The highest BCUT2D eigenvalue weighted by Gasteiger charge is 2.34. The van der Waals surface area contributed by atoms with Gasteiger partial charge < -0.3 is 0 Å². The minimum Gasteiger partial charge on any atom is -0.297 e. The molecule has 0 saturated carbocycles. The number of carbonyl (C=O) groups is 2. The Labute approximate surface area is 123 Å². The van der Waals surface area contributed by atoms with Crippen molar-refractivity contribution in [1.29, 1.82) is 0 Å². The first-order chi connectivity index (χ1) is 9.45. The monoisotopic (exact) mass is 346 g/mol. The minimum atomic E-state index is -0.794. The van der Waals surface area contributed by atoms with E-state index in [0.717, 1.165) is 11.0 Å². The van der Waals surface area contributed by atoms with Gasteiger partial charge in [-0.05, 0) is 34.5 Å². The summed E-state index contributed by atoms with van der Waals surface area (Å²) >= 11 is 2.96. The van der Waals surface area contributed by atoms with Crippen LogP contribution in [0, 0.1) is 11.6 Å². The topological polar surface area (TPSA) is 49.4 Å². The number of piperazine rings is 1. The van der Waals surface area contributed by atoms with Crippen molar-refractivity contribution in [3.63, 3.8) is 0 Å². The number of nitrogens with one attached hydrogen (secondary N) is 1. The zero-order valence-electron chi connectivity index (χ0n) is 10.8. The van der Waals surface area contributed by atoms with Crippen molar-refractivity contribution in [2.24, 2.45) is 0 Å². The maximum absolute atomic E-state index is 13.9. The Kier molecular flexibility index (Phi) is 4.49. The van der Waals surface area contributed by atoms with Gasteiger partial charge in [-0.3, -0.25) is 19.8 Å². The van der Waals surface area contributed by atoms with Crippen LogP contribution >= 0.6 is 15.9 Å². The summed E-state index contributed by atoms with van der Waals surface area (Å²) < 4.78 is 27.7. The van der Waals surface area contributed by atoms with E-state index in [-0.39, 0.29) is 16.6 Å². The fraction of sp³-hybridized carbons (Fsp3) is 0.385. The van der Waals surface area contributed by atoms with Gasteiger partial charge in [-0.2, -0.15) is 0 Å². The van der Waals surface area contributed by atoms with E-state index >= 15 is 0 Å². The third-order valence-electron chi connectivity index (χ3n) is 3.23. The van der Waals surface area contributed by atoms with Crippen LogP contribution in [0.1, 0.15) is 18.9 Å². The first kappa shape index (κ1) is 15.1. The average molecular weight is 347 g/mol. The van der Waals surface area contributed by atoms with Crippen molar-refractivity contribution >= 4 is 27.7 Å². The molecule has 1 aliphatic rings. The molecule has 1 unspecified atom stereocenters. The molecule has 1 aliphatic heterocycles. The lowest BCUT2D eigenvalue weighted by atomic mass is 10.1. The Balaban J connectivity index is 2.31. The van der Waals surface area contributed by atoms with Gasteiger partial charge in [-0.25, -0.2) is 8.78 Å². The maximum Gasteiger partial charge on any atom is 0.246 e. The van der Waals surface area contributed by atoms with E-state index in [9.17, 15) is 18.4 Å². The summed E-state index contributed by atoms with van der Waals surface area (Å²) in [5.41, 5.74) is -0.294. The van der Waals surface area contributed by atoms with Crippen LogP contribution in [-0.4, -0.2) is 29.3 Å². The van der Waals surface area contributed by atoms with Gasteiger partial charge >= 0.3 is 0 Å². The Morgan fingerprint density at radius 3 is 2.75 bits per heavy atom. The molecule has 0 aromatic heterocycles. The Morgan fingerprint density at radius 2 is 2.10 bits per heavy atom. The Bertz CT molecular complexity index is 566. The number of imide groups is 1. The Morgan fingerprint density at radius 1 is 1.40 bits per heavy atom. The summed E-state index contributed by atoms with van der Waals surface area (Å²) in [5.74, 6) is -2.52. The summed E-state index contributed by atoms with van der Waals surface area (Å²) in [6, 6.07) is 1.84. The molecule has 1 aromatic rings. The van der Waals surface area contributed by atoms with Crippen molar-refractivity contribution in [2.45, 2.75) is 25.9 Å². The summed E-state index contributed by atoms with van der Waals surface area (Å²) in [6.07, 6.45) is 0.506. The van der Waals surface area contributed by atoms with E-state index < -0.39 is 36.0 Å². The second kappa shape index (κ2) is 5.97. The van der Waals surface area contributed by atoms with E-state index in [2.05, 4.69) is 21.2 Å². The van der Waals surface area contributed by atoms with Crippen LogP contribution in [0.25, 0.3) is 0 Å². The lowest BCUT2D eigenvalue weighted by Gasteiger charge is -2.31. The Hall–Kier alpha value is -1.34. The predicted octanol–water partition coefficient (Wildman–Crippen LogP) is 1.96. The third-order valence-corrected chi connectivity index (χ3v) is 3.84. The quantitative estimate of drug-likeness (QED) is 0.672. The van der Waals surface area contributed by atoms with Crippen LogP contribution in [0.2, 0.25) is 0 Å². The zero-order valence-corrected chi connectivity index (χ0v) is 12.3. The van der Waals surface area contributed by atoms with Gasteiger partial charge in [0, 0.05) is 5.56 Å². The number of benzene rings is 1. The number of halogens is 3. The van der Waals surface area contributed by atoms with Gasteiger partial charge in [0.15, 0.2) is 0 Å². The molecule has 0 bridgehead atoms. The van der Waals surface area contributed by atoms with Crippen LogP contribution in [0.5, 0.6) is 0 Å². The van der Waals surface area contributed by atoms with Crippen molar-refractivity contribution in [3.8, 4) is 0 Å². The molecule has 20 heavy (non-hydrogen) atoms. The first-order valence-electron chi connectivity index (χ1n) is 6.15. The molecule has 2 amide bonds. The van der Waals surface area contributed by atoms with Crippen LogP contribution in [-0.2, 0) is 16.1 Å². The fourth-order valence-corrected chi connectivity index (χ4v) is 2.43. The number of carbonyl (C=O) groups excluding carboxylic acids is 2. The minimum absolute atomic E-state index is 0.0124. The number of hydrogen-bond acceptors (Lipinski definition) is 3. The lowest BCUT2D eigenvalue weighted by molar-refractivity contribution is -0.150.